The van der Waals surface area contributed by atoms with Gasteiger partial charge in [-0.1, -0.05) is 47.5 Å². The van der Waals surface area contributed by atoms with Crippen molar-refractivity contribution < 1.29 is 0 Å². The van der Waals surface area contributed by atoms with Crippen LogP contribution in [-0.2, 0) is 0 Å². The van der Waals surface area contributed by atoms with Gasteiger partial charge in [0.25, 0.3) is 0 Å². The minimum Gasteiger partial charge on any atom is -0.370 e. The van der Waals surface area contributed by atoms with Crippen molar-refractivity contribution in [2.24, 2.45) is 0 Å². The van der Waals surface area contributed by atoms with E-state index in [1.807, 2.05) is 48.7 Å². The number of halogens is 2. The van der Waals surface area contributed by atoms with Gasteiger partial charge in [-0.3, -0.25) is 0 Å². The molecule has 1 atom stereocenters. The van der Waals surface area contributed by atoms with E-state index in [2.05, 4.69) is 10.3 Å². The van der Waals surface area contributed by atoms with Crippen LogP contribution in [0.3, 0.4) is 0 Å². The molecule has 2 nitrogen and oxygen atoms in total. The normalized spacial score (nSPS) is 17.1. The van der Waals surface area contributed by atoms with Crippen molar-refractivity contribution in [1.29, 1.82) is 0 Å². The molecule has 4 heteroatoms. The summed E-state index contributed by atoms with van der Waals surface area (Å²) in [6, 6.07) is 11.6. The van der Waals surface area contributed by atoms with Crippen LogP contribution < -0.4 is 15.9 Å². The maximum absolute atomic E-state index is 6.17. The van der Waals surface area contributed by atoms with Gasteiger partial charge in [-0.2, -0.15) is 0 Å². The summed E-state index contributed by atoms with van der Waals surface area (Å²) >= 11 is 12.1. The molecular weight excluding hydrogens is 267 g/mol. The van der Waals surface area contributed by atoms with Gasteiger partial charge in [0.05, 0.1) is 11.0 Å². The van der Waals surface area contributed by atoms with Crippen LogP contribution in [0.5, 0.6) is 0 Å². The Labute approximate surface area is 115 Å². The lowest BCUT2D eigenvalue weighted by atomic mass is 10.1. The van der Waals surface area contributed by atoms with E-state index in [1.54, 1.807) is 0 Å². The standard InChI is InChI=1S/C14H10Cl2N2/c15-11-4-2-1-3-10(11)12-6-5-9-7-14(16)17-8-13(9)18-12/h1-8,14,17H. The summed E-state index contributed by atoms with van der Waals surface area (Å²) in [6.07, 6.45) is 3.76. The fourth-order valence-corrected chi connectivity index (χ4v) is 2.36. The second-order valence-electron chi connectivity index (χ2n) is 4.03. The van der Waals surface area contributed by atoms with Crippen molar-refractivity contribution in [3.8, 4) is 11.3 Å². The molecule has 0 saturated heterocycles. The number of aromatic nitrogens is 1. The Morgan fingerprint density at radius 2 is 1.94 bits per heavy atom. The highest BCUT2D eigenvalue weighted by molar-refractivity contribution is 6.33. The largest absolute Gasteiger partial charge is 0.370 e. The smallest absolute Gasteiger partial charge is 0.121 e. The van der Waals surface area contributed by atoms with Crippen LogP contribution in [0.1, 0.15) is 0 Å². The van der Waals surface area contributed by atoms with Gasteiger partial charge in [0, 0.05) is 22.0 Å². The van der Waals surface area contributed by atoms with Gasteiger partial charge in [-0.15, -0.1) is 0 Å². The second kappa shape index (κ2) is 4.63. The average Bonchev–Trinajstić information content (AvgIpc) is 2.39. The van der Waals surface area contributed by atoms with E-state index in [-0.39, 0.29) is 5.50 Å². The van der Waals surface area contributed by atoms with Crippen molar-refractivity contribution in [2.75, 3.05) is 0 Å². The first-order chi connectivity index (χ1) is 8.74. The van der Waals surface area contributed by atoms with Gasteiger partial charge >= 0.3 is 0 Å². The number of hydrogen-bond donors (Lipinski definition) is 1. The van der Waals surface area contributed by atoms with Crippen LogP contribution in [0.2, 0.25) is 5.02 Å². The van der Waals surface area contributed by atoms with E-state index in [0.717, 1.165) is 21.8 Å². The van der Waals surface area contributed by atoms with E-state index < -0.39 is 0 Å². The topological polar surface area (TPSA) is 24.9 Å². The van der Waals surface area contributed by atoms with Gasteiger partial charge in [0.15, 0.2) is 0 Å². The Bertz CT molecular complexity index is 710. The van der Waals surface area contributed by atoms with Crippen LogP contribution in [-0.4, -0.2) is 10.5 Å². The Hall–Kier alpha value is -1.51. The predicted octanol–water partition coefficient (Wildman–Crippen LogP) is 2.09. The molecule has 0 amide bonds. The fraction of sp³-hybridized carbons (Fsp3) is 0.0714. The molecule has 0 aliphatic carbocycles. The van der Waals surface area contributed by atoms with Crippen molar-refractivity contribution in [3.63, 3.8) is 0 Å². The fourth-order valence-electron chi connectivity index (χ4n) is 1.93. The number of benzene rings is 1. The Morgan fingerprint density at radius 1 is 1.11 bits per heavy atom. The number of nitrogens with one attached hydrogen (secondary N) is 1. The predicted molar refractivity (Wildman–Crippen MR) is 75.6 cm³/mol. The summed E-state index contributed by atoms with van der Waals surface area (Å²) in [7, 11) is 0. The van der Waals surface area contributed by atoms with E-state index in [0.29, 0.717) is 5.02 Å². The number of rotatable bonds is 1. The van der Waals surface area contributed by atoms with Gasteiger partial charge < -0.3 is 5.32 Å². The van der Waals surface area contributed by atoms with Crippen molar-refractivity contribution >= 4 is 35.5 Å². The van der Waals surface area contributed by atoms with Crippen molar-refractivity contribution in [1.82, 2.24) is 10.3 Å². The first-order valence-electron chi connectivity index (χ1n) is 5.58. The molecule has 3 rings (SSSR count). The minimum absolute atomic E-state index is 0.175. The lowest BCUT2D eigenvalue weighted by Gasteiger charge is -2.10. The lowest BCUT2D eigenvalue weighted by Crippen LogP contribution is -2.38. The van der Waals surface area contributed by atoms with Crippen LogP contribution in [0, 0.1) is 0 Å². The molecule has 0 saturated carbocycles. The van der Waals surface area contributed by atoms with Gasteiger partial charge in [0.1, 0.15) is 5.50 Å². The maximum atomic E-state index is 6.17. The molecule has 2 heterocycles. The summed E-state index contributed by atoms with van der Waals surface area (Å²) < 4.78 is 0. The monoisotopic (exact) mass is 276 g/mol. The summed E-state index contributed by atoms with van der Waals surface area (Å²) in [5, 5.41) is 5.63. The molecule has 1 N–H and O–H groups in total. The number of pyridine rings is 1. The zero-order chi connectivity index (χ0) is 12.5. The van der Waals surface area contributed by atoms with E-state index in [1.165, 1.54) is 0 Å². The molecule has 0 spiro atoms. The molecule has 1 aromatic carbocycles. The van der Waals surface area contributed by atoms with Crippen molar-refractivity contribution in [3.05, 3.63) is 52.0 Å². The van der Waals surface area contributed by atoms with Crippen LogP contribution in [0.15, 0.2) is 36.4 Å². The molecule has 1 aliphatic rings. The van der Waals surface area contributed by atoms with Gasteiger partial charge in [0.2, 0.25) is 0 Å². The minimum atomic E-state index is -0.175. The Morgan fingerprint density at radius 3 is 2.78 bits per heavy atom. The number of alkyl halides is 1. The highest BCUT2D eigenvalue weighted by Gasteiger charge is 2.06. The lowest BCUT2D eigenvalue weighted by molar-refractivity contribution is 0.965. The molecule has 1 aliphatic heterocycles. The molecule has 0 radical (unpaired) electrons. The van der Waals surface area contributed by atoms with E-state index in [4.69, 9.17) is 23.2 Å². The molecule has 90 valence electrons. The van der Waals surface area contributed by atoms with Crippen molar-refractivity contribution in [2.45, 2.75) is 5.50 Å². The average molecular weight is 277 g/mol. The van der Waals surface area contributed by atoms with Crippen LogP contribution >= 0.6 is 23.2 Å². The molecule has 1 aromatic heterocycles. The number of hydrogen-bond acceptors (Lipinski definition) is 2. The molecular formula is C14H10Cl2N2. The van der Waals surface area contributed by atoms with E-state index >= 15 is 0 Å². The van der Waals surface area contributed by atoms with Gasteiger partial charge in [-0.25, -0.2) is 4.98 Å². The molecule has 1 unspecified atom stereocenters. The second-order valence-corrected chi connectivity index (χ2v) is 4.91. The molecule has 2 aromatic rings. The summed E-state index contributed by atoms with van der Waals surface area (Å²) in [5.41, 5.74) is 1.62. The maximum Gasteiger partial charge on any atom is 0.121 e. The highest BCUT2D eigenvalue weighted by Crippen LogP contribution is 2.24. The molecule has 0 bridgehead atoms. The molecule has 18 heavy (non-hydrogen) atoms. The first-order valence-corrected chi connectivity index (χ1v) is 6.39. The van der Waals surface area contributed by atoms with Crippen LogP contribution in [0.25, 0.3) is 23.5 Å². The Kier molecular flexibility index (Phi) is 2.98. The number of fused-ring (bicyclic) bond motifs is 1. The van der Waals surface area contributed by atoms with E-state index in [9.17, 15) is 0 Å². The number of nitrogens with zero attached hydrogens (tertiary/aromatic N) is 1. The zero-order valence-corrected chi connectivity index (χ0v) is 10.9. The quantitative estimate of drug-likeness (QED) is 0.637. The van der Waals surface area contributed by atoms with Gasteiger partial charge in [-0.05, 0) is 18.2 Å². The third-order valence-electron chi connectivity index (χ3n) is 2.81. The summed E-state index contributed by atoms with van der Waals surface area (Å²) in [6.45, 7) is 0. The third-order valence-corrected chi connectivity index (χ3v) is 3.39. The first kappa shape index (κ1) is 11.6. The summed E-state index contributed by atoms with van der Waals surface area (Å²) in [5.74, 6) is 0. The Balaban J connectivity index is 2.18. The van der Waals surface area contributed by atoms with Crippen LogP contribution in [0.4, 0.5) is 0 Å². The SMILES string of the molecule is Clc1ccccc1-c1ccc2c(n1)=CNC(Cl)C=2. The third kappa shape index (κ3) is 2.09. The summed E-state index contributed by atoms with van der Waals surface area (Å²) in [4.78, 5) is 4.59. The molecule has 0 fully saturated rings. The highest BCUT2D eigenvalue weighted by atomic mass is 35.5. The zero-order valence-electron chi connectivity index (χ0n) is 9.40.